The van der Waals surface area contributed by atoms with Crippen molar-refractivity contribution in [2.24, 2.45) is 0 Å². The predicted molar refractivity (Wildman–Crippen MR) is 101 cm³/mol. The summed E-state index contributed by atoms with van der Waals surface area (Å²) >= 11 is 0. The molecule has 8 heteroatoms. The normalized spacial score (nSPS) is 12.2. The lowest BCUT2D eigenvalue weighted by Gasteiger charge is -2.17. The van der Waals surface area contributed by atoms with E-state index in [0.717, 1.165) is 22.9 Å². The first-order valence-corrected chi connectivity index (χ1v) is 8.17. The number of H-pyrrole nitrogens is 1. The molecule has 26 heavy (non-hydrogen) atoms. The fourth-order valence-corrected chi connectivity index (χ4v) is 3.14. The van der Waals surface area contributed by atoms with Crippen molar-refractivity contribution in [3.05, 3.63) is 29.5 Å². The number of ether oxygens (including phenoxy) is 3. The van der Waals surface area contributed by atoms with Gasteiger partial charge in [-0.05, 0) is 35.6 Å². The van der Waals surface area contributed by atoms with E-state index in [9.17, 15) is 0 Å². The first-order chi connectivity index (χ1) is 12.5. The first-order valence-electron chi connectivity index (χ1n) is 8.17. The van der Waals surface area contributed by atoms with Gasteiger partial charge in [0.2, 0.25) is 11.7 Å². The summed E-state index contributed by atoms with van der Waals surface area (Å²) in [6.45, 7) is 2.12. The summed E-state index contributed by atoms with van der Waals surface area (Å²) in [6.07, 6.45) is 2.62. The number of nitrogen functional groups attached to an aromatic ring is 2. The standard InChI is InChI=1S/C18H23N5O3/c1-9(10-6-12(24-2)15(26-4)13(7-10)25-3)5-11-8-21-17-14(11)16(19)22-18(20)23-17/h6-9H,5H2,1-4H3,(H5,19,20,21,22,23). The minimum atomic E-state index is 0.154. The Hall–Kier alpha value is -3.16. The van der Waals surface area contributed by atoms with Crippen LogP contribution in [0.3, 0.4) is 0 Å². The van der Waals surface area contributed by atoms with Gasteiger partial charge in [0, 0.05) is 6.20 Å². The molecule has 2 heterocycles. The van der Waals surface area contributed by atoms with Crippen LogP contribution in [-0.4, -0.2) is 36.3 Å². The molecule has 0 radical (unpaired) electrons. The van der Waals surface area contributed by atoms with Crippen LogP contribution in [0.5, 0.6) is 17.2 Å². The lowest BCUT2D eigenvalue weighted by Crippen LogP contribution is -2.03. The molecule has 0 aliphatic heterocycles. The van der Waals surface area contributed by atoms with Crippen molar-refractivity contribution in [3.63, 3.8) is 0 Å². The molecular weight excluding hydrogens is 334 g/mol. The molecule has 3 rings (SSSR count). The second kappa shape index (κ2) is 6.99. The molecule has 3 aromatic rings. The Morgan fingerprint density at radius 2 is 1.69 bits per heavy atom. The van der Waals surface area contributed by atoms with Crippen molar-refractivity contribution in [1.29, 1.82) is 0 Å². The molecule has 1 aromatic carbocycles. The number of fused-ring (bicyclic) bond motifs is 1. The number of nitrogens with zero attached hydrogens (tertiary/aromatic N) is 2. The quantitative estimate of drug-likeness (QED) is 0.619. The zero-order chi connectivity index (χ0) is 18.8. The molecule has 0 aliphatic carbocycles. The lowest BCUT2D eigenvalue weighted by molar-refractivity contribution is 0.323. The molecule has 0 amide bonds. The number of aromatic nitrogens is 3. The minimum absolute atomic E-state index is 0.154. The highest BCUT2D eigenvalue weighted by molar-refractivity contribution is 5.90. The van der Waals surface area contributed by atoms with Crippen LogP contribution in [0.2, 0.25) is 0 Å². The van der Waals surface area contributed by atoms with Gasteiger partial charge in [-0.15, -0.1) is 0 Å². The first kappa shape index (κ1) is 17.7. The van der Waals surface area contributed by atoms with Crippen molar-refractivity contribution in [2.45, 2.75) is 19.3 Å². The maximum absolute atomic E-state index is 6.04. The highest BCUT2D eigenvalue weighted by Gasteiger charge is 2.19. The number of hydrogen-bond donors (Lipinski definition) is 3. The van der Waals surface area contributed by atoms with Crippen LogP contribution in [-0.2, 0) is 6.42 Å². The molecule has 0 bridgehead atoms. The Kier molecular flexibility index (Phi) is 4.75. The van der Waals surface area contributed by atoms with Gasteiger partial charge in [0.05, 0.1) is 26.7 Å². The number of anilines is 2. The number of nitrogens with two attached hydrogens (primary N) is 2. The van der Waals surface area contributed by atoms with E-state index >= 15 is 0 Å². The summed E-state index contributed by atoms with van der Waals surface area (Å²) in [6, 6.07) is 3.91. The number of benzene rings is 1. The van der Waals surface area contributed by atoms with E-state index in [1.165, 1.54) is 0 Å². The van der Waals surface area contributed by atoms with Gasteiger partial charge in [-0.1, -0.05) is 6.92 Å². The van der Waals surface area contributed by atoms with Gasteiger partial charge in [-0.25, -0.2) is 0 Å². The monoisotopic (exact) mass is 357 g/mol. The number of aromatic amines is 1. The summed E-state index contributed by atoms with van der Waals surface area (Å²) < 4.78 is 16.3. The molecule has 0 aliphatic rings. The average molecular weight is 357 g/mol. The van der Waals surface area contributed by atoms with Gasteiger partial charge in [-0.2, -0.15) is 9.97 Å². The van der Waals surface area contributed by atoms with Crippen molar-refractivity contribution in [1.82, 2.24) is 15.0 Å². The van der Waals surface area contributed by atoms with Gasteiger partial charge in [-0.3, -0.25) is 0 Å². The van der Waals surface area contributed by atoms with Crippen LogP contribution < -0.4 is 25.7 Å². The van der Waals surface area contributed by atoms with Gasteiger partial charge in [0.15, 0.2) is 11.5 Å². The molecule has 5 N–H and O–H groups in total. The van der Waals surface area contributed by atoms with Crippen molar-refractivity contribution < 1.29 is 14.2 Å². The van der Waals surface area contributed by atoms with E-state index in [1.807, 2.05) is 18.3 Å². The van der Waals surface area contributed by atoms with Crippen LogP contribution in [0.1, 0.15) is 24.0 Å². The average Bonchev–Trinajstić information content (AvgIpc) is 3.02. The highest BCUT2D eigenvalue weighted by atomic mass is 16.5. The number of methoxy groups -OCH3 is 3. The summed E-state index contributed by atoms with van der Waals surface area (Å²) in [7, 11) is 4.80. The molecule has 0 saturated carbocycles. The highest BCUT2D eigenvalue weighted by Crippen LogP contribution is 2.40. The molecular formula is C18H23N5O3. The maximum Gasteiger partial charge on any atom is 0.223 e. The molecule has 2 aromatic heterocycles. The fourth-order valence-electron chi connectivity index (χ4n) is 3.14. The zero-order valence-electron chi connectivity index (χ0n) is 15.3. The van der Waals surface area contributed by atoms with E-state index in [2.05, 4.69) is 21.9 Å². The van der Waals surface area contributed by atoms with Gasteiger partial charge in [0.25, 0.3) is 0 Å². The summed E-state index contributed by atoms with van der Waals surface area (Å²) in [5, 5.41) is 0.804. The molecule has 0 saturated heterocycles. The van der Waals surface area contributed by atoms with Crippen LogP contribution in [0.25, 0.3) is 11.0 Å². The zero-order valence-corrected chi connectivity index (χ0v) is 15.3. The van der Waals surface area contributed by atoms with E-state index in [-0.39, 0.29) is 11.9 Å². The van der Waals surface area contributed by atoms with Crippen LogP contribution in [0.4, 0.5) is 11.8 Å². The predicted octanol–water partition coefficient (Wildman–Crippen LogP) is 2.49. The molecule has 138 valence electrons. The third-order valence-corrected chi connectivity index (χ3v) is 4.44. The molecule has 8 nitrogen and oxygen atoms in total. The Bertz CT molecular complexity index is 913. The molecule has 1 unspecified atom stereocenters. The van der Waals surface area contributed by atoms with Crippen LogP contribution in [0.15, 0.2) is 18.3 Å². The topological polar surface area (TPSA) is 121 Å². The van der Waals surface area contributed by atoms with Crippen LogP contribution in [0, 0.1) is 0 Å². The van der Waals surface area contributed by atoms with E-state index in [4.69, 9.17) is 25.7 Å². The third-order valence-electron chi connectivity index (χ3n) is 4.44. The Morgan fingerprint density at radius 1 is 1.04 bits per heavy atom. The second-order valence-corrected chi connectivity index (χ2v) is 6.07. The second-order valence-electron chi connectivity index (χ2n) is 6.07. The summed E-state index contributed by atoms with van der Waals surface area (Å²) in [5.74, 6) is 2.53. The minimum Gasteiger partial charge on any atom is -0.493 e. The van der Waals surface area contributed by atoms with Gasteiger partial charge < -0.3 is 30.7 Å². The fraction of sp³-hybridized carbons (Fsp3) is 0.333. The molecule has 1 atom stereocenters. The summed E-state index contributed by atoms with van der Waals surface area (Å²) in [5.41, 5.74) is 14.4. The van der Waals surface area contributed by atoms with Gasteiger partial charge >= 0.3 is 0 Å². The van der Waals surface area contributed by atoms with E-state index in [0.29, 0.717) is 28.7 Å². The van der Waals surface area contributed by atoms with E-state index < -0.39 is 0 Å². The lowest BCUT2D eigenvalue weighted by atomic mass is 9.93. The number of nitrogens with one attached hydrogen (secondary N) is 1. The SMILES string of the molecule is COc1cc(C(C)Cc2c[nH]c3nc(N)nc(N)c23)cc(OC)c1OC. The molecule has 0 spiro atoms. The largest absolute Gasteiger partial charge is 0.493 e. The van der Waals surface area contributed by atoms with E-state index in [1.54, 1.807) is 21.3 Å². The number of hydrogen-bond acceptors (Lipinski definition) is 7. The van der Waals surface area contributed by atoms with Crippen molar-refractivity contribution in [3.8, 4) is 17.2 Å². The Labute approximate surface area is 151 Å². The summed E-state index contributed by atoms with van der Waals surface area (Å²) in [4.78, 5) is 11.4. The Morgan fingerprint density at radius 3 is 2.27 bits per heavy atom. The number of rotatable bonds is 6. The van der Waals surface area contributed by atoms with Gasteiger partial charge in [0.1, 0.15) is 11.5 Å². The van der Waals surface area contributed by atoms with Crippen LogP contribution >= 0.6 is 0 Å². The molecule has 0 fully saturated rings. The van der Waals surface area contributed by atoms with Crippen molar-refractivity contribution in [2.75, 3.05) is 32.8 Å². The maximum atomic E-state index is 6.04. The smallest absolute Gasteiger partial charge is 0.223 e. The third kappa shape index (κ3) is 3.05. The van der Waals surface area contributed by atoms with Crippen molar-refractivity contribution >= 4 is 22.8 Å². The Balaban J connectivity index is 1.97.